The summed E-state index contributed by atoms with van der Waals surface area (Å²) in [7, 11) is -3.41. The Kier molecular flexibility index (Phi) is 5.79. The third kappa shape index (κ3) is 4.71. The molecule has 0 aromatic heterocycles. The van der Waals surface area contributed by atoms with E-state index in [1.807, 2.05) is 0 Å². The summed E-state index contributed by atoms with van der Waals surface area (Å²) in [6, 6.07) is 6.96. The van der Waals surface area contributed by atoms with Crippen LogP contribution < -0.4 is 15.4 Å². The highest BCUT2D eigenvalue weighted by atomic mass is 32.2. The van der Waals surface area contributed by atoms with Gasteiger partial charge in [0, 0.05) is 12.6 Å². The summed E-state index contributed by atoms with van der Waals surface area (Å²) < 4.78 is 26.3. The van der Waals surface area contributed by atoms with E-state index in [1.165, 1.54) is 0 Å². The van der Waals surface area contributed by atoms with Crippen LogP contribution in [-0.4, -0.2) is 39.2 Å². The van der Waals surface area contributed by atoms with Crippen LogP contribution in [0.2, 0.25) is 0 Å². The highest BCUT2D eigenvalue weighted by molar-refractivity contribution is 7.92. The molecule has 1 aliphatic rings. The van der Waals surface area contributed by atoms with E-state index >= 15 is 0 Å². The Labute approximate surface area is 131 Å². The second-order valence-corrected chi connectivity index (χ2v) is 7.31. The Balaban J connectivity index is 2.05. The third-order valence-electron chi connectivity index (χ3n) is 3.58. The molecule has 0 bridgehead atoms. The fourth-order valence-corrected chi connectivity index (χ4v) is 3.65. The van der Waals surface area contributed by atoms with Crippen LogP contribution >= 0.6 is 0 Å². The van der Waals surface area contributed by atoms with Gasteiger partial charge < -0.3 is 10.6 Å². The lowest BCUT2D eigenvalue weighted by molar-refractivity contribution is 0.0951. The molecule has 0 saturated carbocycles. The van der Waals surface area contributed by atoms with Gasteiger partial charge in [-0.25, -0.2) is 8.42 Å². The predicted octanol–water partition coefficient (Wildman–Crippen LogP) is 1.32. The molecule has 0 spiro atoms. The van der Waals surface area contributed by atoms with Gasteiger partial charge in [-0.05, 0) is 37.9 Å². The number of hydrogen-bond acceptors (Lipinski definition) is 4. The number of sulfonamides is 1. The van der Waals surface area contributed by atoms with Gasteiger partial charge >= 0.3 is 0 Å². The van der Waals surface area contributed by atoms with Crippen molar-refractivity contribution in [3.05, 3.63) is 29.8 Å². The van der Waals surface area contributed by atoms with E-state index in [2.05, 4.69) is 15.4 Å². The summed E-state index contributed by atoms with van der Waals surface area (Å²) in [6.45, 7) is 3.33. The van der Waals surface area contributed by atoms with E-state index in [1.54, 1.807) is 31.2 Å². The molecule has 6 nitrogen and oxygen atoms in total. The summed E-state index contributed by atoms with van der Waals surface area (Å²) in [5.41, 5.74) is 0.674. The second-order valence-electron chi connectivity index (χ2n) is 5.47. The van der Waals surface area contributed by atoms with Crippen molar-refractivity contribution in [2.24, 2.45) is 0 Å². The zero-order valence-electron chi connectivity index (χ0n) is 12.8. The molecule has 7 heteroatoms. The molecule has 1 aliphatic heterocycles. The van der Waals surface area contributed by atoms with E-state index in [0.29, 0.717) is 30.3 Å². The maximum absolute atomic E-state index is 12.3. The largest absolute Gasteiger partial charge is 0.350 e. The van der Waals surface area contributed by atoms with Crippen molar-refractivity contribution in [3.8, 4) is 0 Å². The Morgan fingerprint density at radius 1 is 1.36 bits per heavy atom. The van der Waals surface area contributed by atoms with E-state index in [4.69, 9.17) is 0 Å². The van der Waals surface area contributed by atoms with Crippen LogP contribution in [0.15, 0.2) is 24.3 Å². The van der Waals surface area contributed by atoms with Crippen molar-refractivity contribution in [1.29, 1.82) is 0 Å². The molecule has 3 N–H and O–H groups in total. The number of rotatable bonds is 7. The van der Waals surface area contributed by atoms with Crippen molar-refractivity contribution in [2.75, 3.05) is 23.6 Å². The number of hydrogen-bond donors (Lipinski definition) is 3. The van der Waals surface area contributed by atoms with Gasteiger partial charge in [-0.15, -0.1) is 0 Å². The minimum absolute atomic E-state index is 0.0367. The smallest absolute Gasteiger partial charge is 0.253 e. The number of carbonyl (C=O) groups excluding carboxylic acids is 1. The van der Waals surface area contributed by atoms with Gasteiger partial charge in [-0.1, -0.05) is 19.1 Å². The Morgan fingerprint density at radius 2 is 2.14 bits per heavy atom. The molecule has 122 valence electrons. The first kappa shape index (κ1) is 16.8. The Bertz CT molecular complexity index is 610. The lowest BCUT2D eigenvalue weighted by Gasteiger charge is -2.14. The molecule has 0 radical (unpaired) electrons. The molecule has 1 amide bonds. The molecule has 1 atom stereocenters. The van der Waals surface area contributed by atoms with Crippen LogP contribution in [-0.2, 0) is 10.0 Å². The van der Waals surface area contributed by atoms with Crippen LogP contribution in [0.5, 0.6) is 0 Å². The molecule has 0 aliphatic carbocycles. The van der Waals surface area contributed by atoms with Gasteiger partial charge in [0.05, 0.1) is 17.0 Å². The summed E-state index contributed by atoms with van der Waals surface area (Å²) in [6.07, 6.45) is 2.69. The monoisotopic (exact) mass is 325 g/mol. The van der Waals surface area contributed by atoms with E-state index in [0.717, 1.165) is 19.4 Å². The van der Waals surface area contributed by atoms with Gasteiger partial charge in [0.1, 0.15) is 0 Å². The number of nitrogens with one attached hydrogen (secondary N) is 3. The van der Waals surface area contributed by atoms with Gasteiger partial charge in [0.25, 0.3) is 5.91 Å². The fraction of sp³-hybridized carbons (Fsp3) is 0.533. The summed E-state index contributed by atoms with van der Waals surface area (Å²) in [5.74, 6) is -0.224. The molecule has 2 rings (SSSR count). The summed E-state index contributed by atoms with van der Waals surface area (Å²) in [4.78, 5) is 12.3. The molecule has 1 unspecified atom stereocenters. The van der Waals surface area contributed by atoms with Crippen molar-refractivity contribution in [1.82, 2.24) is 10.6 Å². The van der Waals surface area contributed by atoms with Crippen LogP contribution in [0.1, 0.15) is 36.5 Å². The van der Waals surface area contributed by atoms with Crippen molar-refractivity contribution < 1.29 is 13.2 Å². The van der Waals surface area contributed by atoms with Crippen LogP contribution in [0.3, 0.4) is 0 Å². The molecule has 1 saturated heterocycles. The predicted molar refractivity (Wildman–Crippen MR) is 87.5 cm³/mol. The SMILES string of the molecule is CCCS(=O)(=O)Nc1ccccc1C(=O)NCC1CCCN1. The lowest BCUT2D eigenvalue weighted by atomic mass is 10.1. The van der Waals surface area contributed by atoms with Crippen LogP contribution in [0.4, 0.5) is 5.69 Å². The Morgan fingerprint density at radius 3 is 2.82 bits per heavy atom. The van der Waals surface area contributed by atoms with E-state index in [9.17, 15) is 13.2 Å². The molecular formula is C15H23N3O3S. The number of anilines is 1. The van der Waals surface area contributed by atoms with E-state index < -0.39 is 10.0 Å². The van der Waals surface area contributed by atoms with Crippen molar-refractivity contribution in [3.63, 3.8) is 0 Å². The first-order valence-corrected chi connectivity index (χ1v) is 9.28. The lowest BCUT2D eigenvalue weighted by Crippen LogP contribution is -2.37. The highest BCUT2D eigenvalue weighted by Crippen LogP contribution is 2.17. The van der Waals surface area contributed by atoms with Gasteiger partial charge in [0.15, 0.2) is 0 Å². The minimum atomic E-state index is -3.41. The summed E-state index contributed by atoms with van der Waals surface area (Å²) >= 11 is 0. The molecule has 22 heavy (non-hydrogen) atoms. The first-order valence-electron chi connectivity index (χ1n) is 7.63. The average molecular weight is 325 g/mol. The zero-order valence-corrected chi connectivity index (χ0v) is 13.6. The number of carbonyl (C=O) groups is 1. The topological polar surface area (TPSA) is 87.3 Å². The van der Waals surface area contributed by atoms with Gasteiger partial charge in [-0.2, -0.15) is 0 Å². The number of benzene rings is 1. The highest BCUT2D eigenvalue weighted by Gasteiger charge is 2.18. The number of para-hydroxylation sites is 1. The van der Waals surface area contributed by atoms with Crippen LogP contribution in [0, 0.1) is 0 Å². The second kappa shape index (κ2) is 7.60. The van der Waals surface area contributed by atoms with Gasteiger partial charge in [0.2, 0.25) is 10.0 Å². The van der Waals surface area contributed by atoms with Gasteiger partial charge in [-0.3, -0.25) is 9.52 Å². The molecule has 1 aromatic rings. The fourth-order valence-electron chi connectivity index (χ4n) is 2.50. The standard InChI is InChI=1S/C15H23N3O3S/c1-2-10-22(20,21)18-14-8-4-3-7-13(14)15(19)17-11-12-6-5-9-16-12/h3-4,7-8,12,16,18H,2,5-6,9-11H2,1H3,(H,17,19). The van der Waals surface area contributed by atoms with Crippen molar-refractivity contribution >= 4 is 21.6 Å². The third-order valence-corrected chi connectivity index (χ3v) is 5.06. The quantitative estimate of drug-likeness (QED) is 0.705. The zero-order chi connectivity index (χ0) is 16.0. The first-order chi connectivity index (χ1) is 10.5. The normalized spacial score (nSPS) is 18.1. The number of amides is 1. The average Bonchev–Trinajstić information content (AvgIpc) is 2.98. The minimum Gasteiger partial charge on any atom is -0.350 e. The molecule has 1 heterocycles. The van der Waals surface area contributed by atoms with Crippen LogP contribution in [0.25, 0.3) is 0 Å². The molecule has 1 fully saturated rings. The molecular weight excluding hydrogens is 302 g/mol. The maximum atomic E-state index is 12.3. The van der Waals surface area contributed by atoms with Crippen molar-refractivity contribution in [2.45, 2.75) is 32.2 Å². The molecule has 1 aromatic carbocycles. The summed E-state index contributed by atoms with van der Waals surface area (Å²) in [5, 5.41) is 6.17. The van der Waals surface area contributed by atoms with E-state index in [-0.39, 0.29) is 11.7 Å². The maximum Gasteiger partial charge on any atom is 0.253 e. The Hall–Kier alpha value is -1.60.